The molecule has 0 radical (unpaired) electrons. The van der Waals surface area contributed by atoms with Crippen molar-refractivity contribution in [1.29, 1.82) is 0 Å². The Morgan fingerprint density at radius 3 is 2.67 bits per heavy atom. The van der Waals surface area contributed by atoms with Crippen LogP contribution in [0.25, 0.3) is 5.69 Å². The number of likely N-dealkylation sites (tertiary alicyclic amines) is 1. The predicted molar refractivity (Wildman–Crippen MR) is 105 cm³/mol. The van der Waals surface area contributed by atoms with Crippen molar-refractivity contribution in [3.63, 3.8) is 0 Å². The van der Waals surface area contributed by atoms with Gasteiger partial charge < -0.3 is 10.2 Å². The Bertz CT molecular complexity index is 835. The number of benzene rings is 1. The maximum atomic E-state index is 12.8. The molecule has 0 saturated carbocycles. The van der Waals surface area contributed by atoms with E-state index in [0.717, 1.165) is 19.4 Å². The van der Waals surface area contributed by atoms with Crippen molar-refractivity contribution in [2.45, 2.75) is 18.9 Å². The minimum Gasteiger partial charge on any atom is -0.333 e. The van der Waals surface area contributed by atoms with Crippen LogP contribution in [0.3, 0.4) is 0 Å². The summed E-state index contributed by atoms with van der Waals surface area (Å²) in [5.41, 5.74) is 0.365. The second-order valence-corrected chi connectivity index (χ2v) is 6.83. The van der Waals surface area contributed by atoms with E-state index in [1.54, 1.807) is 12.3 Å². The number of nitrogens with zero attached hydrogens (tertiary/aromatic N) is 4. The van der Waals surface area contributed by atoms with Crippen LogP contribution in [0.15, 0.2) is 24.4 Å². The molecule has 1 fully saturated rings. The summed E-state index contributed by atoms with van der Waals surface area (Å²) in [6, 6.07) is 4.14. The van der Waals surface area contributed by atoms with Gasteiger partial charge in [-0.2, -0.15) is 5.10 Å². The van der Waals surface area contributed by atoms with Gasteiger partial charge in [0.15, 0.2) is 5.69 Å². The normalized spacial score (nSPS) is 16.3. The van der Waals surface area contributed by atoms with E-state index < -0.39 is 4.92 Å². The first kappa shape index (κ1) is 21.4. The summed E-state index contributed by atoms with van der Waals surface area (Å²) in [5.74, 6) is -0.157. The standard InChI is InChI=1S/C16H17Cl2N5O3.ClH/c1-19-9-10-3-2-5-21(10)16(24)14-4-6-22(20-14)15-12(17)7-11(23(25)26)8-13(15)18;/h4,6-8,10,19H,2-3,5,9H2,1H3;1H. The summed E-state index contributed by atoms with van der Waals surface area (Å²) in [5, 5.41) is 18.4. The fourth-order valence-electron chi connectivity index (χ4n) is 3.14. The molecule has 2 aromatic rings. The van der Waals surface area contributed by atoms with Gasteiger partial charge in [0.05, 0.1) is 15.0 Å². The number of hydrogen-bond donors (Lipinski definition) is 1. The SMILES string of the molecule is CNCC1CCCN1C(=O)c1ccn(-c2c(Cl)cc([N+](=O)[O-])cc2Cl)n1.Cl. The summed E-state index contributed by atoms with van der Waals surface area (Å²) in [7, 11) is 1.86. The Hall–Kier alpha value is -1.87. The average molecular weight is 435 g/mol. The van der Waals surface area contributed by atoms with Gasteiger partial charge in [-0.15, -0.1) is 12.4 Å². The summed E-state index contributed by atoms with van der Waals surface area (Å²) in [6.07, 6.45) is 3.47. The molecule has 27 heavy (non-hydrogen) atoms. The Kier molecular flexibility index (Phi) is 7.05. The van der Waals surface area contributed by atoms with Crippen molar-refractivity contribution in [3.8, 4) is 5.69 Å². The van der Waals surface area contributed by atoms with Gasteiger partial charge >= 0.3 is 0 Å². The molecule has 1 saturated heterocycles. The lowest BCUT2D eigenvalue weighted by atomic mass is 10.2. The van der Waals surface area contributed by atoms with Crippen LogP contribution in [-0.4, -0.2) is 51.7 Å². The van der Waals surface area contributed by atoms with E-state index in [1.807, 2.05) is 11.9 Å². The molecule has 146 valence electrons. The molecular weight excluding hydrogens is 417 g/mol. The van der Waals surface area contributed by atoms with Gasteiger partial charge in [-0.1, -0.05) is 23.2 Å². The van der Waals surface area contributed by atoms with Gasteiger partial charge in [-0.05, 0) is 26.0 Å². The zero-order chi connectivity index (χ0) is 18.8. The zero-order valence-electron chi connectivity index (χ0n) is 14.4. The highest BCUT2D eigenvalue weighted by molar-refractivity contribution is 6.38. The van der Waals surface area contributed by atoms with E-state index in [4.69, 9.17) is 23.2 Å². The van der Waals surface area contributed by atoms with Gasteiger partial charge in [0.1, 0.15) is 5.69 Å². The first-order valence-electron chi connectivity index (χ1n) is 8.07. The zero-order valence-corrected chi connectivity index (χ0v) is 16.7. The highest BCUT2D eigenvalue weighted by Crippen LogP contribution is 2.33. The molecule has 1 N–H and O–H groups in total. The predicted octanol–water partition coefficient (Wildman–Crippen LogP) is 3.33. The third-order valence-electron chi connectivity index (χ3n) is 4.33. The van der Waals surface area contributed by atoms with Gasteiger partial charge in [-0.25, -0.2) is 4.68 Å². The summed E-state index contributed by atoms with van der Waals surface area (Å²) in [6.45, 7) is 1.42. The quantitative estimate of drug-likeness (QED) is 0.575. The molecule has 0 aliphatic carbocycles. The molecule has 1 aromatic carbocycles. The first-order valence-corrected chi connectivity index (χ1v) is 8.83. The smallest absolute Gasteiger partial charge is 0.274 e. The van der Waals surface area contributed by atoms with Crippen molar-refractivity contribution in [1.82, 2.24) is 20.0 Å². The highest BCUT2D eigenvalue weighted by atomic mass is 35.5. The minimum absolute atomic E-state index is 0. The van der Waals surface area contributed by atoms with Crippen molar-refractivity contribution < 1.29 is 9.72 Å². The summed E-state index contributed by atoms with van der Waals surface area (Å²) < 4.78 is 1.37. The molecule has 3 rings (SSSR count). The lowest BCUT2D eigenvalue weighted by molar-refractivity contribution is -0.384. The van der Waals surface area contributed by atoms with Crippen LogP contribution in [0, 0.1) is 10.1 Å². The molecule has 1 aliphatic rings. The number of likely N-dealkylation sites (N-methyl/N-ethyl adjacent to an activating group) is 1. The molecule has 2 heterocycles. The second kappa shape index (κ2) is 8.88. The molecule has 1 amide bonds. The Morgan fingerprint density at radius 2 is 2.07 bits per heavy atom. The van der Waals surface area contributed by atoms with Crippen LogP contribution >= 0.6 is 35.6 Å². The summed E-state index contributed by atoms with van der Waals surface area (Å²) in [4.78, 5) is 24.9. The number of aromatic nitrogens is 2. The average Bonchev–Trinajstić information content (AvgIpc) is 3.23. The topological polar surface area (TPSA) is 93.3 Å². The van der Waals surface area contributed by atoms with E-state index in [0.29, 0.717) is 12.2 Å². The van der Waals surface area contributed by atoms with Crippen molar-refractivity contribution in [2.75, 3.05) is 20.1 Å². The highest BCUT2D eigenvalue weighted by Gasteiger charge is 2.30. The van der Waals surface area contributed by atoms with Crippen molar-refractivity contribution in [3.05, 3.63) is 50.2 Å². The Balaban J connectivity index is 0.00000261. The van der Waals surface area contributed by atoms with Crippen LogP contribution in [-0.2, 0) is 0 Å². The van der Waals surface area contributed by atoms with E-state index in [1.165, 1.54) is 16.8 Å². The van der Waals surface area contributed by atoms with Crippen LogP contribution in [0.1, 0.15) is 23.3 Å². The van der Waals surface area contributed by atoms with Crippen molar-refractivity contribution in [2.24, 2.45) is 0 Å². The first-order chi connectivity index (χ1) is 12.4. The number of hydrogen-bond acceptors (Lipinski definition) is 5. The van der Waals surface area contributed by atoms with Gasteiger partial charge in [0, 0.05) is 37.5 Å². The number of nitrogens with one attached hydrogen (secondary N) is 1. The third kappa shape index (κ3) is 4.35. The third-order valence-corrected chi connectivity index (χ3v) is 4.90. The molecule has 11 heteroatoms. The van der Waals surface area contributed by atoms with Crippen LogP contribution in [0.4, 0.5) is 5.69 Å². The van der Waals surface area contributed by atoms with E-state index in [9.17, 15) is 14.9 Å². The van der Waals surface area contributed by atoms with Crippen molar-refractivity contribution >= 4 is 47.2 Å². The Morgan fingerprint density at radius 1 is 1.41 bits per heavy atom. The number of halogens is 3. The number of carbonyl (C=O) groups is 1. The fraction of sp³-hybridized carbons (Fsp3) is 0.375. The lowest BCUT2D eigenvalue weighted by Crippen LogP contribution is -2.41. The molecule has 8 nitrogen and oxygen atoms in total. The molecule has 1 atom stereocenters. The van der Waals surface area contributed by atoms with Gasteiger partial charge in [0.25, 0.3) is 11.6 Å². The lowest BCUT2D eigenvalue weighted by Gasteiger charge is -2.23. The molecule has 0 spiro atoms. The number of nitro benzene ring substituents is 1. The van der Waals surface area contributed by atoms with Gasteiger partial charge in [-0.3, -0.25) is 14.9 Å². The molecule has 1 aliphatic heterocycles. The maximum absolute atomic E-state index is 12.8. The van der Waals surface area contributed by atoms with E-state index >= 15 is 0 Å². The van der Waals surface area contributed by atoms with E-state index in [2.05, 4.69) is 10.4 Å². The van der Waals surface area contributed by atoms with Crippen LogP contribution < -0.4 is 5.32 Å². The number of amides is 1. The maximum Gasteiger partial charge on any atom is 0.274 e. The van der Waals surface area contributed by atoms with Gasteiger partial charge in [0.2, 0.25) is 0 Å². The van der Waals surface area contributed by atoms with E-state index in [-0.39, 0.29) is 45.8 Å². The summed E-state index contributed by atoms with van der Waals surface area (Å²) >= 11 is 12.3. The largest absolute Gasteiger partial charge is 0.333 e. The monoisotopic (exact) mass is 433 g/mol. The molecule has 0 bridgehead atoms. The van der Waals surface area contributed by atoms with Crippen LogP contribution in [0.2, 0.25) is 10.0 Å². The number of nitro groups is 1. The molecule has 1 unspecified atom stereocenters. The number of carbonyl (C=O) groups excluding carboxylic acids is 1. The second-order valence-electron chi connectivity index (χ2n) is 6.01. The number of non-ortho nitro benzene ring substituents is 1. The Labute approximate surface area is 172 Å². The van der Waals surface area contributed by atoms with Crippen LogP contribution in [0.5, 0.6) is 0 Å². The molecule has 1 aromatic heterocycles. The number of rotatable bonds is 5. The minimum atomic E-state index is -0.575. The fourth-order valence-corrected chi connectivity index (χ4v) is 3.79. The molecular formula is C16H18Cl3N5O3.